The van der Waals surface area contributed by atoms with Crippen molar-refractivity contribution in [2.24, 2.45) is 0 Å². The number of hydrogen-bond acceptors (Lipinski definition) is 3. The molecule has 2 aromatic carbocycles. The lowest BCUT2D eigenvalue weighted by Crippen LogP contribution is -2.30. The second-order valence-corrected chi connectivity index (χ2v) is 8.38. The first-order valence-corrected chi connectivity index (χ1v) is 11.8. The van der Waals surface area contributed by atoms with E-state index in [-0.39, 0.29) is 11.8 Å². The Labute approximate surface area is 186 Å². The van der Waals surface area contributed by atoms with Crippen LogP contribution in [0.3, 0.4) is 0 Å². The smallest absolute Gasteiger partial charge is 0.261 e. The molecule has 1 aliphatic rings. The summed E-state index contributed by atoms with van der Waals surface area (Å²) < 4.78 is 5.73. The standard InChI is InChI=1S/C27H35NO3/c29-26-24-18-12-13-19-25(24)27(30)28(26)20-14-7-5-3-1-2-4-6-8-15-21-31-22-23-16-10-9-11-17-23/h9-13,16-19H,1-8,14-15,20-22H2. The van der Waals surface area contributed by atoms with Crippen LogP contribution in [-0.4, -0.2) is 29.9 Å². The normalized spacial score (nSPS) is 13.1. The summed E-state index contributed by atoms with van der Waals surface area (Å²) in [5.41, 5.74) is 2.34. The zero-order valence-electron chi connectivity index (χ0n) is 18.6. The Kier molecular flexibility index (Phi) is 9.78. The van der Waals surface area contributed by atoms with E-state index in [0.29, 0.717) is 24.3 Å². The first-order chi connectivity index (χ1) is 15.3. The monoisotopic (exact) mass is 421 g/mol. The van der Waals surface area contributed by atoms with Gasteiger partial charge in [0.05, 0.1) is 17.7 Å². The van der Waals surface area contributed by atoms with Crippen LogP contribution in [0.1, 0.15) is 90.5 Å². The van der Waals surface area contributed by atoms with Crippen LogP contribution < -0.4 is 0 Å². The number of nitrogens with zero attached hydrogens (tertiary/aromatic N) is 1. The van der Waals surface area contributed by atoms with Gasteiger partial charge in [-0.2, -0.15) is 0 Å². The average molecular weight is 422 g/mol. The van der Waals surface area contributed by atoms with E-state index in [4.69, 9.17) is 4.74 Å². The van der Waals surface area contributed by atoms with Gasteiger partial charge in [-0.15, -0.1) is 0 Å². The predicted molar refractivity (Wildman–Crippen MR) is 124 cm³/mol. The maximum Gasteiger partial charge on any atom is 0.261 e. The highest BCUT2D eigenvalue weighted by Gasteiger charge is 2.34. The Hall–Kier alpha value is -2.46. The van der Waals surface area contributed by atoms with E-state index in [1.54, 1.807) is 12.1 Å². The summed E-state index contributed by atoms with van der Waals surface area (Å²) in [6.07, 6.45) is 11.9. The molecule has 3 rings (SSSR count). The van der Waals surface area contributed by atoms with E-state index in [9.17, 15) is 9.59 Å². The van der Waals surface area contributed by atoms with Crippen molar-refractivity contribution in [3.8, 4) is 0 Å². The van der Waals surface area contributed by atoms with Gasteiger partial charge >= 0.3 is 0 Å². The summed E-state index contributed by atoms with van der Waals surface area (Å²) >= 11 is 0. The van der Waals surface area contributed by atoms with Gasteiger partial charge < -0.3 is 4.74 Å². The number of rotatable bonds is 15. The van der Waals surface area contributed by atoms with Gasteiger partial charge in [0.1, 0.15) is 0 Å². The molecule has 0 unspecified atom stereocenters. The lowest BCUT2D eigenvalue weighted by molar-refractivity contribution is 0.0651. The zero-order valence-corrected chi connectivity index (χ0v) is 18.6. The number of amides is 2. The third-order valence-electron chi connectivity index (χ3n) is 5.91. The van der Waals surface area contributed by atoms with Crippen LogP contribution in [0.4, 0.5) is 0 Å². The summed E-state index contributed by atoms with van der Waals surface area (Å²) in [5, 5.41) is 0. The lowest BCUT2D eigenvalue weighted by Gasteiger charge is -2.13. The number of fused-ring (bicyclic) bond motifs is 1. The number of ether oxygens (including phenoxy) is 1. The van der Waals surface area contributed by atoms with E-state index in [2.05, 4.69) is 12.1 Å². The molecule has 4 nitrogen and oxygen atoms in total. The van der Waals surface area contributed by atoms with Gasteiger partial charge in [0.25, 0.3) is 11.8 Å². The minimum Gasteiger partial charge on any atom is -0.377 e. The van der Waals surface area contributed by atoms with E-state index in [0.717, 1.165) is 25.9 Å². The number of carbonyl (C=O) groups is 2. The number of imide groups is 1. The van der Waals surface area contributed by atoms with Crippen LogP contribution in [0.2, 0.25) is 0 Å². The summed E-state index contributed by atoms with van der Waals surface area (Å²) in [6.45, 7) is 2.11. The fourth-order valence-corrected chi connectivity index (χ4v) is 4.09. The second-order valence-electron chi connectivity index (χ2n) is 8.38. The van der Waals surface area contributed by atoms with Crippen molar-refractivity contribution < 1.29 is 14.3 Å². The molecule has 31 heavy (non-hydrogen) atoms. The molecule has 0 spiro atoms. The molecule has 0 aromatic heterocycles. The Morgan fingerprint density at radius 3 is 1.65 bits per heavy atom. The summed E-state index contributed by atoms with van der Waals surface area (Å²) in [7, 11) is 0. The molecule has 0 bridgehead atoms. The van der Waals surface area contributed by atoms with Crippen molar-refractivity contribution in [1.29, 1.82) is 0 Å². The van der Waals surface area contributed by atoms with Gasteiger partial charge in [-0.25, -0.2) is 0 Å². The Morgan fingerprint density at radius 1 is 0.581 bits per heavy atom. The Balaban J connectivity index is 1.11. The molecule has 0 atom stereocenters. The summed E-state index contributed by atoms with van der Waals surface area (Å²) in [5.74, 6) is -0.267. The van der Waals surface area contributed by atoms with Gasteiger partial charge in [0.2, 0.25) is 0 Å². The fraction of sp³-hybridized carbons (Fsp3) is 0.481. The van der Waals surface area contributed by atoms with Gasteiger partial charge in [0, 0.05) is 13.2 Å². The van der Waals surface area contributed by atoms with Gasteiger partial charge in [0.15, 0.2) is 0 Å². The first-order valence-electron chi connectivity index (χ1n) is 11.8. The number of unbranched alkanes of at least 4 members (excludes halogenated alkanes) is 9. The molecule has 1 aliphatic heterocycles. The van der Waals surface area contributed by atoms with Crippen molar-refractivity contribution in [3.63, 3.8) is 0 Å². The minimum atomic E-state index is -0.133. The van der Waals surface area contributed by atoms with E-state index < -0.39 is 0 Å². The molecule has 2 amide bonds. The summed E-state index contributed by atoms with van der Waals surface area (Å²) in [4.78, 5) is 26.0. The molecular formula is C27H35NO3. The molecule has 0 fully saturated rings. The topological polar surface area (TPSA) is 46.6 Å². The predicted octanol–water partition coefficient (Wildman–Crippen LogP) is 6.40. The van der Waals surface area contributed by atoms with Crippen molar-refractivity contribution in [2.75, 3.05) is 13.2 Å². The minimum absolute atomic E-state index is 0.133. The largest absolute Gasteiger partial charge is 0.377 e. The maximum absolute atomic E-state index is 12.3. The van der Waals surface area contributed by atoms with Crippen LogP contribution in [-0.2, 0) is 11.3 Å². The summed E-state index contributed by atoms with van der Waals surface area (Å²) in [6, 6.07) is 17.4. The average Bonchev–Trinajstić information content (AvgIpc) is 3.05. The van der Waals surface area contributed by atoms with Crippen LogP contribution in [0.25, 0.3) is 0 Å². The molecule has 0 N–H and O–H groups in total. The van der Waals surface area contributed by atoms with E-state index in [1.807, 2.05) is 30.3 Å². The highest BCUT2D eigenvalue weighted by molar-refractivity contribution is 6.21. The van der Waals surface area contributed by atoms with Crippen LogP contribution in [0, 0.1) is 0 Å². The molecule has 4 heteroatoms. The van der Waals surface area contributed by atoms with Crippen LogP contribution in [0.15, 0.2) is 54.6 Å². The molecule has 1 heterocycles. The zero-order chi connectivity index (χ0) is 21.7. The molecule has 0 saturated carbocycles. The van der Waals surface area contributed by atoms with Gasteiger partial charge in [-0.1, -0.05) is 93.8 Å². The first kappa shape index (κ1) is 23.2. The van der Waals surface area contributed by atoms with Crippen molar-refractivity contribution in [2.45, 2.75) is 70.8 Å². The Morgan fingerprint density at radius 2 is 1.06 bits per heavy atom. The van der Waals surface area contributed by atoms with Crippen LogP contribution in [0.5, 0.6) is 0 Å². The maximum atomic E-state index is 12.3. The molecule has 0 saturated heterocycles. The molecule has 0 radical (unpaired) electrons. The molecule has 166 valence electrons. The Bertz CT molecular complexity index is 783. The number of carbonyl (C=O) groups excluding carboxylic acids is 2. The fourth-order valence-electron chi connectivity index (χ4n) is 4.09. The van der Waals surface area contributed by atoms with E-state index >= 15 is 0 Å². The number of hydrogen-bond donors (Lipinski definition) is 0. The molecule has 0 aliphatic carbocycles. The van der Waals surface area contributed by atoms with Crippen molar-refractivity contribution in [1.82, 2.24) is 4.90 Å². The lowest BCUT2D eigenvalue weighted by atomic mass is 10.1. The van der Waals surface area contributed by atoms with Crippen LogP contribution >= 0.6 is 0 Å². The van der Waals surface area contributed by atoms with Crippen molar-refractivity contribution >= 4 is 11.8 Å². The second kappa shape index (κ2) is 13.1. The van der Waals surface area contributed by atoms with Crippen molar-refractivity contribution in [3.05, 3.63) is 71.3 Å². The number of benzene rings is 2. The van der Waals surface area contributed by atoms with E-state index in [1.165, 1.54) is 55.4 Å². The SMILES string of the molecule is O=C1c2ccccc2C(=O)N1CCCCCCCCCCCCOCc1ccccc1. The highest BCUT2D eigenvalue weighted by atomic mass is 16.5. The van der Waals surface area contributed by atoms with Gasteiger partial charge in [-0.3, -0.25) is 14.5 Å². The molecular weight excluding hydrogens is 386 g/mol. The highest BCUT2D eigenvalue weighted by Crippen LogP contribution is 2.23. The van der Waals surface area contributed by atoms with Gasteiger partial charge in [-0.05, 0) is 30.5 Å². The quantitative estimate of drug-likeness (QED) is 0.247. The molecule has 2 aromatic rings. The third kappa shape index (κ3) is 7.32. The third-order valence-corrected chi connectivity index (χ3v) is 5.91.